The summed E-state index contributed by atoms with van der Waals surface area (Å²) in [4.78, 5) is 40.5. The number of carbonyl (C=O) groups is 2. The largest absolute Gasteiger partial charge is 0.483 e. The number of thioether (sulfide) groups is 1. The Kier molecular flexibility index (Phi) is 12.4. The summed E-state index contributed by atoms with van der Waals surface area (Å²) in [5.41, 5.74) is 5.98. The highest BCUT2D eigenvalue weighted by molar-refractivity contribution is 8.00. The van der Waals surface area contributed by atoms with Crippen molar-refractivity contribution in [3.05, 3.63) is 110 Å². The first kappa shape index (κ1) is 37.4. The molecule has 2 heterocycles. The number of nitrogens with zero attached hydrogens (tertiary/aromatic N) is 3. The first-order valence-electron chi connectivity index (χ1n) is 14.0. The van der Waals surface area contributed by atoms with E-state index in [1.54, 1.807) is 19.2 Å². The smallest absolute Gasteiger partial charge is 0.351 e. The van der Waals surface area contributed by atoms with Crippen LogP contribution in [0.5, 0.6) is 5.75 Å². The number of nitrogens with two attached hydrogens (primary N) is 2. The van der Waals surface area contributed by atoms with Gasteiger partial charge in [-0.25, -0.2) is 18.4 Å². The molecule has 0 spiro atoms. The zero-order valence-corrected chi connectivity index (χ0v) is 28.6. The second kappa shape index (κ2) is 16.3. The number of nitrogens with one attached hydrogen (secondary N) is 1. The number of aliphatic hydroxyl groups is 1. The molecule has 3 aromatic carbocycles. The number of nitrogen functional groups attached to an aromatic ring is 1. The van der Waals surface area contributed by atoms with E-state index < -0.39 is 34.0 Å². The van der Waals surface area contributed by atoms with Gasteiger partial charge >= 0.3 is 5.69 Å². The number of rotatable bonds is 9. The van der Waals surface area contributed by atoms with Crippen LogP contribution in [-0.4, -0.2) is 59.2 Å². The number of nitriles is 1. The summed E-state index contributed by atoms with van der Waals surface area (Å²) >= 11 is 13.5. The van der Waals surface area contributed by atoms with Crippen LogP contribution in [0.1, 0.15) is 33.3 Å². The molecule has 1 aliphatic heterocycles. The van der Waals surface area contributed by atoms with Crippen LogP contribution in [0.15, 0.2) is 76.6 Å². The summed E-state index contributed by atoms with van der Waals surface area (Å²) in [6.45, 7) is 1.11. The Labute approximate surface area is 294 Å². The van der Waals surface area contributed by atoms with Gasteiger partial charge in [0.05, 0.1) is 28.7 Å². The van der Waals surface area contributed by atoms with E-state index in [0.717, 1.165) is 0 Å². The molecule has 0 bridgehead atoms. The molecule has 0 aliphatic carbocycles. The van der Waals surface area contributed by atoms with Gasteiger partial charge in [-0.1, -0.05) is 23.2 Å². The highest BCUT2D eigenvalue weighted by Crippen LogP contribution is 2.30. The van der Waals surface area contributed by atoms with Crippen molar-refractivity contribution in [1.29, 1.82) is 5.26 Å². The molecule has 0 radical (unpaired) electrons. The molecule has 256 valence electrons. The van der Waals surface area contributed by atoms with Crippen LogP contribution in [0, 0.1) is 18.3 Å². The SMILES string of the molecule is Cc1cc(S(N)(=O)=O)ccc1NC(=O)COc1ccc(Cl)cc1C(=O)c1cc(Cl)cc(C#N)c1.Nc1ccn([C@@H]2CS[C@H](CO)O2)c(=O)n1. The fourth-order valence-corrected chi connectivity index (χ4v) is 6.30. The first-order valence-corrected chi connectivity index (χ1v) is 17.4. The molecule has 1 aromatic heterocycles. The zero-order valence-electron chi connectivity index (χ0n) is 25.5. The van der Waals surface area contributed by atoms with Gasteiger partial charge in [0.2, 0.25) is 10.0 Å². The van der Waals surface area contributed by atoms with Crippen molar-refractivity contribution in [2.45, 2.75) is 23.5 Å². The summed E-state index contributed by atoms with van der Waals surface area (Å²) in [5, 5.41) is 26.2. The van der Waals surface area contributed by atoms with Gasteiger partial charge in [0.15, 0.2) is 12.4 Å². The minimum absolute atomic E-state index is 0.0572. The number of anilines is 2. The maximum Gasteiger partial charge on any atom is 0.351 e. The van der Waals surface area contributed by atoms with Crippen molar-refractivity contribution >= 4 is 68.2 Å². The van der Waals surface area contributed by atoms with E-state index in [2.05, 4.69) is 10.3 Å². The highest BCUT2D eigenvalue weighted by atomic mass is 35.5. The van der Waals surface area contributed by atoms with Crippen molar-refractivity contribution < 1.29 is 32.6 Å². The lowest BCUT2D eigenvalue weighted by Crippen LogP contribution is -2.28. The molecule has 0 unspecified atom stereocenters. The van der Waals surface area contributed by atoms with E-state index in [9.17, 15) is 22.8 Å². The number of ether oxygens (including phenoxy) is 2. The average molecular weight is 748 g/mol. The fraction of sp³-hybridized carbons (Fsp3) is 0.194. The van der Waals surface area contributed by atoms with E-state index in [1.165, 1.54) is 70.9 Å². The number of hydrogen-bond donors (Lipinski definition) is 4. The zero-order chi connectivity index (χ0) is 35.9. The van der Waals surface area contributed by atoms with E-state index in [4.69, 9.17) is 53.9 Å². The van der Waals surface area contributed by atoms with Crippen LogP contribution in [0.4, 0.5) is 11.5 Å². The molecule has 1 amide bonds. The minimum atomic E-state index is -3.87. The molecule has 0 saturated carbocycles. The van der Waals surface area contributed by atoms with Crippen molar-refractivity contribution in [1.82, 2.24) is 9.55 Å². The maximum atomic E-state index is 13.1. The highest BCUT2D eigenvalue weighted by Gasteiger charge is 2.27. The quantitative estimate of drug-likeness (QED) is 0.181. The maximum absolute atomic E-state index is 13.1. The molecular weight excluding hydrogens is 719 g/mol. The lowest BCUT2D eigenvalue weighted by Gasteiger charge is -2.13. The van der Waals surface area contributed by atoms with E-state index in [0.29, 0.717) is 17.0 Å². The summed E-state index contributed by atoms with van der Waals surface area (Å²) in [6, 6.07) is 16.1. The minimum Gasteiger partial charge on any atom is -0.483 e. The third kappa shape index (κ3) is 10.0. The number of aliphatic hydroxyl groups excluding tert-OH is 1. The molecule has 49 heavy (non-hydrogen) atoms. The summed E-state index contributed by atoms with van der Waals surface area (Å²) in [5.74, 6) is -0.123. The Balaban J connectivity index is 0.000000299. The first-order chi connectivity index (χ1) is 23.2. The number of aryl methyl sites for hydroxylation is 1. The predicted octanol–water partition coefficient (Wildman–Crippen LogP) is 3.48. The number of ketones is 1. The van der Waals surface area contributed by atoms with E-state index in [1.807, 2.05) is 6.07 Å². The number of amides is 1. The third-order valence-electron chi connectivity index (χ3n) is 6.68. The number of hydrogen-bond acceptors (Lipinski definition) is 12. The van der Waals surface area contributed by atoms with Crippen LogP contribution < -0.4 is 26.6 Å². The van der Waals surface area contributed by atoms with E-state index >= 15 is 0 Å². The van der Waals surface area contributed by atoms with Crippen LogP contribution in [0.25, 0.3) is 0 Å². The Hall–Kier alpha value is -4.47. The number of primary sulfonamides is 1. The summed E-state index contributed by atoms with van der Waals surface area (Å²) in [6.07, 6.45) is 1.18. The monoisotopic (exact) mass is 746 g/mol. The normalized spacial score (nSPS) is 15.4. The number of aromatic nitrogens is 2. The molecule has 1 fully saturated rings. The molecule has 1 saturated heterocycles. The van der Waals surface area contributed by atoms with Gasteiger partial charge in [0, 0.05) is 33.2 Å². The predicted molar refractivity (Wildman–Crippen MR) is 184 cm³/mol. The second-order valence-electron chi connectivity index (χ2n) is 10.2. The van der Waals surface area contributed by atoms with Gasteiger partial charge in [-0.05, 0) is 73.2 Å². The fourth-order valence-electron chi connectivity index (χ4n) is 4.36. The van der Waals surface area contributed by atoms with Gasteiger partial charge < -0.3 is 25.6 Å². The van der Waals surface area contributed by atoms with Crippen LogP contribution in [-0.2, 0) is 19.6 Å². The van der Waals surface area contributed by atoms with Crippen LogP contribution in [0.2, 0.25) is 10.0 Å². The Morgan fingerprint density at radius 2 is 1.92 bits per heavy atom. The topological polar surface area (TPSA) is 230 Å². The number of benzene rings is 3. The summed E-state index contributed by atoms with van der Waals surface area (Å²) in [7, 11) is -3.87. The van der Waals surface area contributed by atoms with Gasteiger partial charge in [-0.3, -0.25) is 14.2 Å². The lowest BCUT2D eigenvalue weighted by atomic mass is 10.0. The molecule has 1 aliphatic rings. The van der Waals surface area contributed by atoms with Crippen molar-refractivity contribution in [2.75, 3.05) is 30.0 Å². The van der Waals surface area contributed by atoms with Gasteiger partial charge in [0.25, 0.3) is 5.91 Å². The lowest BCUT2D eigenvalue weighted by molar-refractivity contribution is -0.118. The third-order valence-corrected chi connectivity index (χ3v) is 9.15. The summed E-state index contributed by atoms with van der Waals surface area (Å²) < 4.78 is 35.3. The molecule has 14 nitrogen and oxygen atoms in total. The number of halogens is 2. The number of sulfonamides is 1. The van der Waals surface area contributed by atoms with E-state index in [-0.39, 0.29) is 61.5 Å². The van der Waals surface area contributed by atoms with Crippen molar-refractivity contribution in [2.24, 2.45) is 5.14 Å². The second-order valence-corrected chi connectivity index (χ2v) is 13.9. The van der Waals surface area contributed by atoms with Gasteiger partial charge in [-0.2, -0.15) is 10.2 Å². The Morgan fingerprint density at radius 1 is 1.16 bits per heavy atom. The van der Waals surface area contributed by atoms with Crippen molar-refractivity contribution in [3.63, 3.8) is 0 Å². The molecule has 4 aromatic rings. The standard InChI is InChI=1S/C23H17Cl2N3O5S.C8H11N3O3S/c1-13-6-18(34(27,31)32)3-4-20(13)28-22(29)12-33-21-5-2-16(24)10-19(21)23(30)15-7-14(11-26)8-17(25)9-15;9-5-1-2-11(8(13)10-5)6-4-15-7(3-12)14-6/h2-10H,12H2,1H3,(H,28,29)(H2,27,31,32);1-2,6-7,12H,3-4H2,(H2,9,10,13)/t;6-,7+/m.0/s1. The van der Waals surface area contributed by atoms with Gasteiger partial charge in [-0.15, -0.1) is 11.8 Å². The Morgan fingerprint density at radius 3 is 2.55 bits per heavy atom. The molecular formula is C31H28Cl2N6O8S2. The van der Waals surface area contributed by atoms with Gasteiger partial charge in [0.1, 0.15) is 23.2 Å². The van der Waals surface area contributed by atoms with Crippen LogP contribution in [0.3, 0.4) is 0 Å². The average Bonchev–Trinajstić information content (AvgIpc) is 3.53. The van der Waals surface area contributed by atoms with Crippen LogP contribution >= 0.6 is 35.0 Å². The Bertz CT molecular complexity index is 2110. The van der Waals surface area contributed by atoms with Crippen molar-refractivity contribution in [3.8, 4) is 11.8 Å². The molecule has 6 N–H and O–H groups in total. The molecule has 18 heteroatoms. The molecule has 5 rings (SSSR count). The number of carbonyl (C=O) groups excluding carboxylic acids is 2. The molecule has 2 atom stereocenters.